The van der Waals surface area contributed by atoms with Gasteiger partial charge in [-0.15, -0.1) is 0 Å². The van der Waals surface area contributed by atoms with E-state index in [0.29, 0.717) is 58.0 Å². The number of aliphatic hydroxyl groups excluding tert-OH is 1. The molecule has 1 aliphatic rings. The fourth-order valence-corrected chi connectivity index (χ4v) is 5.80. The minimum absolute atomic E-state index is 0.0518. The van der Waals surface area contributed by atoms with Gasteiger partial charge in [-0.1, -0.05) is 30.7 Å². The number of ether oxygens (including phenoxy) is 4. The van der Waals surface area contributed by atoms with Crippen molar-refractivity contribution in [3.05, 3.63) is 77.4 Å². The van der Waals surface area contributed by atoms with Gasteiger partial charge in [-0.2, -0.15) is 0 Å². The summed E-state index contributed by atoms with van der Waals surface area (Å²) in [6.07, 6.45) is 1.87. The maximum atomic E-state index is 13.7. The first-order valence-corrected chi connectivity index (χ1v) is 14.5. The van der Waals surface area contributed by atoms with Crippen LogP contribution in [0.1, 0.15) is 43.9 Å². The summed E-state index contributed by atoms with van der Waals surface area (Å²) in [6, 6.07) is 16.4. The molecule has 1 N–H and O–H groups in total. The minimum Gasteiger partial charge on any atom is -0.507 e. The van der Waals surface area contributed by atoms with Gasteiger partial charge in [0.1, 0.15) is 17.3 Å². The summed E-state index contributed by atoms with van der Waals surface area (Å²) in [5.41, 5.74) is 1.54. The monoisotopic (exact) mass is 588 g/mol. The molecule has 42 heavy (non-hydrogen) atoms. The Morgan fingerprint density at radius 1 is 0.929 bits per heavy atom. The number of carbonyl (C=O) groups excluding carboxylic acids is 2. The molecule has 3 aromatic carbocycles. The van der Waals surface area contributed by atoms with Gasteiger partial charge in [-0.3, -0.25) is 14.5 Å². The Hall–Kier alpha value is -4.57. The van der Waals surface area contributed by atoms with Gasteiger partial charge in [0.25, 0.3) is 5.78 Å². The number of unbranched alkanes of at least 4 members (excludes halogenated alkanes) is 1. The Morgan fingerprint density at radius 3 is 2.36 bits per heavy atom. The number of hydrogen-bond acceptors (Lipinski definition) is 9. The van der Waals surface area contributed by atoms with Crippen molar-refractivity contribution in [3.8, 4) is 23.0 Å². The van der Waals surface area contributed by atoms with Crippen molar-refractivity contribution < 1.29 is 33.6 Å². The zero-order valence-electron chi connectivity index (χ0n) is 23.9. The van der Waals surface area contributed by atoms with E-state index in [2.05, 4.69) is 11.9 Å². The quantitative estimate of drug-likeness (QED) is 0.0914. The zero-order chi connectivity index (χ0) is 29.8. The van der Waals surface area contributed by atoms with Gasteiger partial charge in [0.05, 0.1) is 49.3 Å². The summed E-state index contributed by atoms with van der Waals surface area (Å²) < 4.78 is 23.2. The van der Waals surface area contributed by atoms with Crippen molar-refractivity contribution in [1.82, 2.24) is 4.98 Å². The van der Waals surface area contributed by atoms with Crippen LogP contribution in [-0.2, 0) is 9.59 Å². The molecule has 1 aliphatic heterocycles. The zero-order valence-corrected chi connectivity index (χ0v) is 24.7. The highest BCUT2D eigenvalue weighted by atomic mass is 32.1. The van der Waals surface area contributed by atoms with E-state index in [-0.39, 0.29) is 11.3 Å². The lowest BCUT2D eigenvalue weighted by Crippen LogP contribution is -2.29. The molecule has 0 aliphatic carbocycles. The summed E-state index contributed by atoms with van der Waals surface area (Å²) in [6.45, 7) is 4.87. The van der Waals surface area contributed by atoms with Gasteiger partial charge < -0.3 is 24.1 Å². The number of aromatic nitrogens is 1. The van der Waals surface area contributed by atoms with E-state index in [0.717, 1.165) is 17.5 Å². The molecule has 2 heterocycles. The second-order valence-corrected chi connectivity index (χ2v) is 10.6. The number of nitrogens with zero attached hydrogens (tertiary/aromatic N) is 2. The van der Waals surface area contributed by atoms with Crippen molar-refractivity contribution in [1.29, 1.82) is 0 Å². The third kappa shape index (κ3) is 5.49. The number of amides is 1. The van der Waals surface area contributed by atoms with Gasteiger partial charge in [0, 0.05) is 5.56 Å². The second kappa shape index (κ2) is 12.5. The Bertz CT molecular complexity index is 1640. The molecule has 218 valence electrons. The molecule has 0 radical (unpaired) electrons. The predicted octanol–water partition coefficient (Wildman–Crippen LogP) is 6.52. The lowest BCUT2D eigenvalue weighted by atomic mass is 9.95. The maximum Gasteiger partial charge on any atom is 0.301 e. The molecule has 1 atom stereocenters. The fourth-order valence-electron chi connectivity index (χ4n) is 4.78. The van der Waals surface area contributed by atoms with Crippen LogP contribution >= 0.6 is 11.3 Å². The van der Waals surface area contributed by atoms with E-state index in [1.54, 1.807) is 68.8 Å². The molecule has 5 rings (SSSR count). The van der Waals surface area contributed by atoms with E-state index in [1.807, 2.05) is 13.0 Å². The molecule has 1 amide bonds. The molecule has 1 fully saturated rings. The third-order valence-corrected chi connectivity index (χ3v) is 7.95. The van der Waals surface area contributed by atoms with Gasteiger partial charge in [-0.05, 0) is 73.5 Å². The molecular formula is C32H32N2O7S. The van der Waals surface area contributed by atoms with Crippen LogP contribution < -0.4 is 23.8 Å². The summed E-state index contributed by atoms with van der Waals surface area (Å²) in [7, 11) is 3.12. The number of methoxy groups -OCH3 is 2. The van der Waals surface area contributed by atoms with Crippen LogP contribution in [0.3, 0.4) is 0 Å². The number of anilines is 1. The van der Waals surface area contributed by atoms with Crippen molar-refractivity contribution in [2.75, 3.05) is 32.3 Å². The van der Waals surface area contributed by atoms with Crippen LogP contribution in [-0.4, -0.2) is 49.2 Å². The van der Waals surface area contributed by atoms with Crippen LogP contribution in [0.15, 0.2) is 66.2 Å². The maximum absolute atomic E-state index is 13.7. The topological polar surface area (TPSA) is 107 Å². The number of carbonyl (C=O) groups is 2. The summed E-state index contributed by atoms with van der Waals surface area (Å²) in [5.74, 6) is 0.383. The molecule has 1 saturated heterocycles. The SMILES string of the molecule is CCCCOc1ccc(C2C(=C(O)c3ccc(OC)cc3)C(=O)C(=O)N2c2nc3ccc(OC)cc3s2)cc1OCC. The van der Waals surface area contributed by atoms with Gasteiger partial charge >= 0.3 is 5.91 Å². The number of rotatable bonds is 11. The molecule has 1 aromatic heterocycles. The number of fused-ring (bicyclic) bond motifs is 1. The molecular weight excluding hydrogens is 556 g/mol. The number of benzene rings is 3. The number of Topliss-reactive ketones (excluding diaryl/α,β-unsaturated/α-hetero) is 1. The van der Waals surface area contributed by atoms with Crippen LogP contribution in [0.4, 0.5) is 5.13 Å². The first kappa shape index (κ1) is 28.9. The fraction of sp³-hybridized carbons (Fsp3) is 0.281. The Morgan fingerprint density at radius 2 is 1.67 bits per heavy atom. The smallest absolute Gasteiger partial charge is 0.301 e. The highest BCUT2D eigenvalue weighted by molar-refractivity contribution is 7.22. The van der Waals surface area contributed by atoms with Crippen molar-refractivity contribution in [2.24, 2.45) is 0 Å². The third-order valence-electron chi connectivity index (χ3n) is 6.94. The van der Waals surface area contributed by atoms with E-state index in [4.69, 9.17) is 18.9 Å². The average Bonchev–Trinajstić information content (AvgIpc) is 3.55. The van der Waals surface area contributed by atoms with Crippen LogP contribution in [0.2, 0.25) is 0 Å². The Labute approximate surface area is 247 Å². The van der Waals surface area contributed by atoms with Gasteiger partial charge in [0.2, 0.25) is 0 Å². The number of ketones is 1. The standard InChI is InChI=1S/C32H32N2O7S/c1-5-7-16-41-24-15-10-20(17-25(24)40-6-2)28-27(29(35)19-8-11-21(38-3)12-9-19)30(36)31(37)34(28)32-33-23-14-13-22(39-4)18-26(23)42-32/h8-15,17-18,28,35H,5-7,16H2,1-4H3. The highest BCUT2D eigenvalue weighted by Gasteiger charge is 2.48. The lowest BCUT2D eigenvalue weighted by molar-refractivity contribution is -0.132. The number of aliphatic hydroxyl groups is 1. The van der Waals surface area contributed by atoms with Crippen molar-refractivity contribution in [2.45, 2.75) is 32.7 Å². The first-order chi connectivity index (χ1) is 20.4. The lowest BCUT2D eigenvalue weighted by Gasteiger charge is -2.24. The summed E-state index contributed by atoms with van der Waals surface area (Å²) in [4.78, 5) is 33.4. The Kier molecular flexibility index (Phi) is 8.63. The minimum atomic E-state index is -0.974. The van der Waals surface area contributed by atoms with E-state index in [9.17, 15) is 14.7 Å². The summed E-state index contributed by atoms with van der Waals surface area (Å²) >= 11 is 1.26. The average molecular weight is 589 g/mol. The number of hydrogen-bond donors (Lipinski definition) is 1. The number of thiazole rings is 1. The van der Waals surface area contributed by atoms with Crippen LogP contribution in [0.5, 0.6) is 23.0 Å². The Balaban J connectivity index is 1.68. The molecule has 1 unspecified atom stereocenters. The van der Waals surface area contributed by atoms with Crippen molar-refractivity contribution in [3.63, 3.8) is 0 Å². The first-order valence-electron chi connectivity index (χ1n) is 13.7. The van der Waals surface area contributed by atoms with E-state index >= 15 is 0 Å². The molecule has 0 saturated carbocycles. The van der Waals surface area contributed by atoms with E-state index in [1.165, 1.54) is 16.2 Å². The van der Waals surface area contributed by atoms with Crippen LogP contribution in [0.25, 0.3) is 16.0 Å². The molecule has 4 aromatic rings. The van der Waals surface area contributed by atoms with E-state index < -0.39 is 17.7 Å². The molecule has 10 heteroatoms. The normalized spacial score (nSPS) is 16.2. The largest absolute Gasteiger partial charge is 0.507 e. The predicted molar refractivity (Wildman–Crippen MR) is 162 cm³/mol. The van der Waals surface area contributed by atoms with Gasteiger partial charge in [0.15, 0.2) is 16.6 Å². The van der Waals surface area contributed by atoms with Crippen molar-refractivity contribution >= 4 is 44.1 Å². The van der Waals surface area contributed by atoms with Gasteiger partial charge in [-0.25, -0.2) is 4.98 Å². The van der Waals surface area contributed by atoms with Crippen LogP contribution in [0, 0.1) is 0 Å². The molecule has 0 bridgehead atoms. The summed E-state index contributed by atoms with van der Waals surface area (Å²) in [5, 5.41) is 11.8. The highest BCUT2D eigenvalue weighted by Crippen LogP contribution is 2.46. The molecule has 0 spiro atoms. The molecule has 9 nitrogen and oxygen atoms in total. The second-order valence-electron chi connectivity index (χ2n) is 9.57.